The topological polar surface area (TPSA) is 40.6 Å². The van der Waals surface area contributed by atoms with Crippen LogP contribution in [-0.4, -0.2) is 38.9 Å². The van der Waals surface area contributed by atoms with Crippen LogP contribution in [0, 0.1) is 30.2 Å². The van der Waals surface area contributed by atoms with E-state index in [4.69, 9.17) is 0 Å². The monoisotopic (exact) mass is 388 g/mol. The number of piperazine rings is 1. The first-order valence-electron chi connectivity index (χ1n) is 7.88. The van der Waals surface area contributed by atoms with E-state index in [9.17, 15) is 26.0 Å². The van der Waals surface area contributed by atoms with Crippen LogP contribution in [0.5, 0.6) is 0 Å². The van der Waals surface area contributed by atoms with Crippen molar-refractivity contribution in [3.63, 3.8) is 0 Å². The van der Waals surface area contributed by atoms with Crippen LogP contribution in [0.1, 0.15) is 5.56 Å². The minimum atomic E-state index is -4.51. The van der Waals surface area contributed by atoms with E-state index >= 15 is 0 Å². The number of hydrogen-bond acceptors (Lipinski definition) is 3. The van der Waals surface area contributed by atoms with Crippen LogP contribution in [0.25, 0.3) is 0 Å². The molecule has 0 aromatic heterocycles. The quantitative estimate of drug-likeness (QED) is 0.461. The molecule has 1 fully saturated rings. The fourth-order valence-corrected chi connectivity index (χ4v) is 4.68. The molecule has 4 nitrogen and oxygen atoms in total. The third kappa shape index (κ3) is 3.05. The van der Waals surface area contributed by atoms with Gasteiger partial charge in [0.1, 0.15) is 4.90 Å². The Morgan fingerprint density at radius 3 is 1.92 bits per heavy atom. The summed E-state index contributed by atoms with van der Waals surface area (Å²) >= 11 is 0. The van der Waals surface area contributed by atoms with Crippen LogP contribution in [0.2, 0.25) is 0 Å². The zero-order valence-electron chi connectivity index (χ0n) is 13.8. The van der Waals surface area contributed by atoms with Gasteiger partial charge in [0.25, 0.3) is 0 Å². The van der Waals surface area contributed by atoms with Gasteiger partial charge >= 0.3 is 0 Å². The second-order valence-corrected chi connectivity index (χ2v) is 7.81. The Morgan fingerprint density at radius 1 is 0.808 bits per heavy atom. The predicted octanol–water partition coefficient (Wildman–Crippen LogP) is 3.06. The maximum absolute atomic E-state index is 14.1. The maximum Gasteiger partial charge on any atom is 0.246 e. The number of hydrogen-bond donors (Lipinski definition) is 0. The molecular weight excluding hydrogens is 372 g/mol. The normalized spacial score (nSPS) is 16.1. The highest BCUT2D eigenvalue weighted by atomic mass is 32.2. The Kier molecular flexibility index (Phi) is 4.94. The van der Waals surface area contributed by atoms with Crippen molar-refractivity contribution in [2.75, 3.05) is 31.1 Å². The summed E-state index contributed by atoms with van der Waals surface area (Å²) in [6.07, 6.45) is 0. The number of anilines is 1. The molecule has 0 aliphatic carbocycles. The van der Waals surface area contributed by atoms with E-state index < -0.39 is 43.8 Å². The number of rotatable bonds is 3. The minimum Gasteiger partial charge on any atom is -0.369 e. The van der Waals surface area contributed by atoms with Gasteiger partial charge in [-0.3, -0.25) is 0 Å². The van der Waals surface area contributed by atoms with Crippen LogP contribution in [-0.2, 0) is 10.0 Å². The molecule has 140 valence electrons. The third-order valence-electron chi connectivity index (χ3n) is 4.41. The molecule has 0 bridgehead atoms. The highest BCUT2D eigenvalue weighted by Crippen LogP contribution is 2.30. The lowest BCUT2D eigenvalue weighted by atomic mass is 10.2. The molecule has 0 radical (unpaired) electrons. The molecule has 2 aromatic carbocycles. The maximum atomic E-state index is 14.1. The first-order valence-corrected chi connectivity index (χ1v) is 9.32. The van der Waals surface area contributed by atoms with E-state index in [1.807, 2.05) is 35.2 Å². The summed E-state index contributed by atoms with van der Waals surface area (Å²) in [6.45, 7) is 1.59. The first kappa shape index (κ1) is 18.7. The highest BCUT2D eigenvalue weighted by Gasteiger charge is 2.36. The Hall–Kier alpha value is -2.13. The van der Waals surface area contributed by atoms with Gasteiger partial charge in [-0.25, -0.2) is 26.0 Å². The Balaban J connectivity index is 1.89. The average Bonchev–Trinajstić information content (AvgIpc) is 2.65. The molecule has 0 amide bonds. The number of nitrogens with zero attached hydrogens (tertiary/aromatic N) is 2. The smallest absolute Gasteiger partial charge is 0.246 e. The van der Waals surface area contributed by atoms with Crippen LogP contribution < -0.4 is 4.90 Å². The molecule has 0 N–H and O–H groups in total. The minimum absolute atomic E-state index is 0.0106. The Morgan fingerprint density at radius 2 is 1.35 bits per heavy atom. The van der Waals surface area contributed by atoms with Gasteiger partial charge in [0.15, 0.2) is 23.3 Å². The summed E-state index contributed by atoms with van der Waals surface area (Å²) in [6, 6.07) is 9.30. The van der Waals surface area contributed by atoms with E-state index in [0.717, 1.165) is 16.9 Å². The van der Waals surface area contributed by atoms with E-state index in [0.29, 0.717) is 13.1 Å². The van der Waals surface area contributed by atoms with Gasteiger partial charge in [0.05, 0.1) is 0 Å². The summed E-state index contributed by atoms with van der Waals surface area (Å²) in [4.78, 5) is 0.795. The first-order chi connectivity index (χ1) is 12.2. The molecule has 1 saturated heterocycles. The molecule has 1 heterocycles. The van der Waals surface area contributed by atoms with E-state index in [2.05, 4.69) is 0 Å². The van der Waals surface area contributed by atoms with Crippen molar-refractivity contribution in [1.82, 2.24) is 4.31 Å². The van der Waals surface area contributed by atoms with Gasteiger partial charge in [-0.15, -0.1) is 0 Å². The molecule has 3 rings (SSSR count). The summed E-state index contributed by atoms with van der Waals surface area (Å²) in [5, 5.41) is 0. The predicted molar refractivity (Wildman–Crippen MR) is 88.4 cm³/mol. The summed E-state index contributed by atoms with van der Waals surface area (Å²) in [5.74, 6) is -7.75. The third-order valence-corrected chi connectivity index (χ3v) is 6.45. The molecular formula is C17H16F4N2O2S. The van der Waals surface area contributed by atoms with Crippen LogP contribution >= 0.6 is 0 Å². The van der Waals surface area contributed by atoms with Gasteiger partial charge in [-0.05, 0) is 19.1 Å². The zero-order valence-corrected chi connectivity index (χ0v) is 14.7. The van der Waals surface area contributed by atoms with Gasteiger partial charge in [0.2, 0.25) is 10.0 Å². The van der Waals surface area contributed by atoms with Crippen LogP contribution in [0.4, 0.5) is 23.2 Å². The molecule has 9 heteroatoms. The molecule has 0 spiro atoms. The van der Waals surface area contributed by atoms with Crippen molar-refractivity contribution < 1.29 is 26.0 Å². The molecule has 26 heavy (non-hydrogen) atoms. The van der Waals surface area contributed by atoms with Crippen LogP contribution in [0.3, 0.4) is 0 Å². The van der Waals surface area contributed by atoms with Crippen molar-refractivity contribution in [2.24, 2.45) is 0 Å². The largest absolute Gasteiger partial charge is 0.369 e. The van der Waals surface area contributed by atoms with Gasteiger partial charge in [-0.1, -0.05) is 18.2 Å². The fraction of sp³-hybridized carbons (Fsp3) is 0.294. The Bertz CT molecular complexity index is 899. The SMILES string of the molecule is Cc1c(F)c(F)c(F)c(F)c1S(=O)(=O)N1CCN(c2ccccc2)CC1. The van der Waals surface area contributed by atoms with Crippen molar-refractivity contribution in [1.29, 1.82) is 0 Å². The summed E-state index contributed by atoms with van der Waals surface area (Å²) in [7, 11) is -4.51. The molecule has 1 aliphatic heterocycles. The number of benzene rings is 2. The molecule has 1 aliphatic rings. The summed E-state index contributed by atoms with van der Waals surface area (Å²) < 4.78 is 81.0. The number of para-hydroxylation sites is 1. The van der Waals surface area contributed by atoms with E-state index in [1.165, 1.54) is 0 Å². The van der Waals surface area contributed by atoms with Gasteiger partial charge in [-0.2, -0.15) is 4.31 Å². The zero-order chi connectivity index (χ0) is 19.1. The highest BCUT2D eigenvalue weighted by molar-refractivity contribution is 7.89. The lowest BCUT2D eigenvalue weighted by Gasteiger charge is -2.35. The number of sulfonamides is 1. The van der Waals surface area contributed by atoms with Gasteiger partial charge < -0.3 is 4.90 Å². The molecule has 2 aromatic rings. The molecule has 0 saturated carbocycles. The Labute approximate surface area is 148 Å². The van der Waals surface area contributed by atoms with Gasteiger partial charge in [0, 0.05) is 37.4 Å². The summed E-state index contributed by atoms with van der Waals surface area (Å²) in [5.41, 5.74) is 0.137. The van der Waals surface area contributed by atoms with Crippen molar-refractivity contribution in [3.8, 4) is 0 Å². The van der Waals surface area contributed by atoms with Crippen molar-refractivity contribution in [2.45, 2.75) is 11.8 Å². The average molecular weight is 388 g/mol. The second kappa shape index (κ2) is 6.88. The van der Waals surface area contributed by atoms with Crippen molar-refractivity contribution >= 4 is 15.7 Å². The lowest BCUT2D eigenvalue weighted by Crippen LogP contribution is -2.49. The fourth-order valence-electron chi connectivity index (χ4n) is 2.98. The molecule has 0 unspecified atom stereocenters. The van der Waals surface area contributed by atoms with E-state index in [-0.39, 0.29) is 13.1 Å². The van der Waals surface area contributed by atoms with Crippen molar-refractivity contribution in [3.05, 3.63) is 59.2 Å². The standard InChI is InChI=1S/C17H16F4N2O2S/c1-11-13(18)14(19)15(20)16(21)17(11)26(24,25)23-9-7-22(8-10-23)12-5-3-2-4-6-12/h2-6H,7-10H2,1H3. The van der Waals surface area contributed by atoms with Crippen LogP contribution in [0.15, 0.2) is 35.2 Å². The van der Waals surface area contributed by atoms with E-state index in [1.54, 1.807) is 0 Å². The molecule has 0 atom stereocenters. The second-order valence-electron chi connectivity index (χ2n) is 5.94. The number of halogens is 4. The lowest BCUT2D eigenvalue weighted by molar-refractivity contribution is 0.368.